The molecular weight excluding hydrogens is 232 g/mol. The molecule has 0 spiro atoms. The van der Waals surface area contributed by atoms with Crippen molar-refractivity contribution >= 4 is 5.97 Å². The van der Waals surface area contributed by atoms with E-state index in [4.69, 9.17) is 18.9 Å². The minimum Gasteiger partial charge on any atom is -0.463 e. The lowest BCUT2D eigenvalue weighted by atomic mass is 9.99. The van der Waals surface area contributed by atoms with Crippen LogP contribution in [0.5, 0.6) is 0 Å². The number of esters is 1. The van der Waals surface area contributed by atoms with E-state index in [0.717, 1.165) is 0 Å². The third-order valence-corrected chi connectivity index (χ3v) is 2.60. The van der Waals surface area contributed by atoms with Crippen LogP contribution in [0.3, 0.4) is 0 Å². The monoisotopic (exact) mass is 250 g/mol. The highest BCUT2D eigenvalue weighted by molar-refractivity contribution is 5.65. The highest BCUT2D eigenvalue weighted by atomic mass is 16.7. The van der Waals surface area contributed by atoms with Gasteiger partial charge in [0, 0.05) is 21.1 Å². The first kappa shape index (κ1) is 14.3. The molecule has 7 nitrogen and oxygen atoms in total. The fraction of sp³-hybridized carbons (Fsp3) is 0.900. The maximum absolute atomic E-state index is 10.7. The summed E-state index contributed by atoms with van der Waals surface area (Å²) in [6, 6.07) is 0. The normalized spacial score (nSPS) is 37.8. The van der Waals surface area contributed by atoms with E-state index in [1.807, 2.05) is 0 Å². The van der Waals surface area contributed by atoms with E-state index < -0.39 is 36.7 Å². The van der Waals surface area contributed by atoms with Gasteiger partial charge in [0.25, 0.3) is 0 Å². The molecule has 17 heavy (non-hydrogen) atoms. The first-order valence-electron chi connectivity index (χ1n) is 5.21. The van der Waals surface area contributed by atoms with Crippen LogP contribution in [0, 0.1) is 0 Å². The molecule has 1 aliphatic heterocycles. The number of carbonyl (C=O) groups is 1. The topological polar surface area (TPSA) is 94.5 Å². The van der Waals surface area contributed by atoms with Gasteiger partial charge in [-0.2, -0.15) is 0 Å². The summed E-state index contributed by atoms with van der Waals surface area (Å²) < 4.78 is 20.0. The van der Waals surface area contributed by atoms with Crippen molar-refractivity contribution in [2.24, 2.45) is 0 Å². The summed E-state index contributed by atoms with van der Waals surface area (Å²) in [5, 5.41) is 19.4. The van der Waals surface area contributed by atoms with Crippen molar-refractivity contribution in [3.8, 4) is 0 Å². The van der Waals surface area contributed by atoms with Crippen molar-refractivity contribution in [1.29, 1.82) is 0 Å². The second-order valence-corrected chi connectivity index (χ2v) is 3.76. The van der Waals surface area contributed by atoms with E-state index in [-0.39, 0.29) is 6.61 Å². The van der Waals surface area contributed by atoms with Crippen LogP contribution in [-0.4, -0.2) is 67.7 Å². The summed E-state index contributed by atoms with van der Waals surface area (Å²) in [5.74, 6) is -0.460. The minimum atomic E-state index is -1.21. The molecule has 1 aliphatic rings. The summed E-state index contributed by atoms with van der Waals surface area (Å²) in [6.07, 6.45) is -4.82. The first-order chi connectivity index (χ1) is 8.01. The molecule has 0 amide bonds. The van der Waals surface area contributed by atoms with E-state index >= 15 is 0 Å². The molecule has 7 heteroatoms. The lowest BCUT2D eigenvalue weighted by Gasteiger charge is -2.40. The summed E-state index contributed by atoms with van der Waals surface area (Å²) in [6.45, 7) is 1.20. The van der Waals surface area contributed by atoms with Gasteiger partial charge in [-0.1, -0.05) is 0 Å². The van der Waals surface area contributed by atoms with Gasteiger partial charge in [0.2, 0.25) is 0 Å². The summed E-state index contributed by atoms with van der Waals surface area (Å²) >= 11 is 0. The number of ether oxygens (including phenoxy) is 4. The number of carbonyl (C=O) groups excluding carboxylic acids is 1. The predicted octanol–water partition coefficient (Wildman–Crippen LogP) is -1.34. The highest BCUT2D eigenvalue weighted by Crippen LogP contribution is 2.23. The summed E-state index contributed by atoms with van der Waals surface area (Å²) in [7, 11) is 2.72. The Kier molecular flexibility index (Phi) is 5.29. The predicted molar refractivity (Wildman–Crippen MR) is 55.1 cm³/mol. The zero-order valence-electron chi connectivity index (χ0n) is 10.0. The van der Waals surface area contributed by atoms with Gasteiger partial charge in [-0.3, -0.25) is 4.79 Å². The second-order valence-electron chi connectivity index (χ2n) is 3.76. The molecule has 1 saturated heterocycles. The Morgan fingerprint density at radius 1 is 1.24 bits per heavy atom. The molecule has 0 aromatic rings. The molecule has 2 unspecified atom stereocenters. The third-order valence-electron chi connectivity index (χ3n) is 2.60. The maximum atomic E-state index is 10.7. The molecule has 0 aliphatic carbocycles. The van der Waals surface area contributed by atoms with Crippen LogP contribution in [0.4, 0.5) is 0 Å². The van der Waals surface area contributed by atoms with Gasteiger partial charge < -0.3 is 29.2 Å². The van der Waals surface area contributed by atoms with E-state index in [9.17, 15) is 15.0 Å². The quantitative estimate of drug-likeness (QED) is 0.596. The van der Waals surface area contributed by atoms with Crippen LogP contribution >= 0.6 is 0 Å². The molecule has 0 aromatic carbocycles. The molecule has 0 saturated carbocycles. The van der Waals surface area contributed by atoms with Crippen LogP contribution in [0.2, 0.25) is 0 Å². The SMILES string of the molecule is CO[C@H]1OC(COC(C)=O)[C@H](OC)[C@@H](O)C1O. The first-order valence-corrected chi connectivity index (χ1v) is 5.21. The van der Waals surface area contributed by atoms with Crippen molar-refractivity contribution in [2.75, 3.05) is 20.8 Å². The van der Waals surface area contributed by atoms with Crippen LogP contribution in [0.1, 0.15) is 6.92 Å². The maximum Gasteiger partial charge on any atom is 0.302 e. The van der Waals surface area contributed by atoms with Crippen LogP contribution < -0.4 is 0 Å². The number of hydrogen-bond acceptors (Lipinski definition) is 7. The average molecular weight is 250 g/mol. The van der Waals surface area contributed by atoms with Crippen molar-refractivity contribution in [1.82, 2.24) is 0 Å². The molecule has 5 atom stereocenters. The molecular formula is C10H18O7. The molecule has 0 bridgehead atoms. The van der Waals surface area contributed by atoms with Crippen molar-refractivity contribution in [3.05, 3.63) is 0 Å². The van der Waals surface area contributed by atoms with Gasteiger partial charge in [-0.05, 0) is 0 Å². The fourth-order valence-corrected chi connectivity index (χ4v) is 1.73. The molecule has 2 N–H and O–H groups in total. The Hall–Kier alpha value is -0.730. The highest BCUT2D eigenvalue weighted by Gasteiger charge is 2.45. The summed E-state index contributed by atoms with van der Waals surface area (Å²) in [5.41, 5.74) is 0. The zero-order valence-corrected chi connectivity index (χ0v) is 10.0. The van der Waals surface area contributed by atoms with Crippen LogP contribution in [0.25, 0.3) is 0 Å². The van der Waals surface area contributed by atoms with Gasteiger partial charge in [0.15, 0.2) is 6.29 Å². The summed E-state index contributed by atoms with van der Waals surface area (Å²) in [4.78, 5) is 10.7. The Morgan fingerprint density at radius 2 is 1.88 bits per heavy atom. The third kappa shape index (κ3) is 3.36. The lowest BCUT2D eigenvalue weighted by molar-refractivity contribution is -0.298. The minimum absolute atomic E-state index is 0.0719. The van der Waals surface area contributed by atoms with Gasteiger partial charge in [-0.15, -0.1) is 0 Å². The van der Waals surface area contributed by atoms with E-state index in [2.05, 4.69) is 0 Å². The Bertz CT molecular complexity index is 257. The fourth-order valence-electron chi connectivity index (χ4n) is 1.73. The van der Waals surface area contributed by atoms with E-state index in [0.29, 0.717) is 0 Å². The number of rotatable bonds is 4. The number of methoxy groups -OCH3 is 2. The Balaban J connectivity index is 2.68. The molecule has 0 radical (unpaired) electrons. The molecule has 1 heterocycles. The zero-order chi connectivity index (χ0) is 13.0. The van der Waals surface area contributed by atoms with E-state index in [1.54, 1.807) is 0 Å². The second kappa shape index (κ2) is 6.27. The van der Waals surface area contributed by atoms with Crippen molar-refractivity contribution in [2.45, 2.75) is 37.6 Å². The van der Waals surface area contributed by atoms with Crippen molar-refractivity contribution < 1.29 is 34.0 Å². The van der Waals surface area contributed by atoms with Crippen LogP contribution in [0.15, 0.2) is 0 Å². The molecule has 100 valence electrons. The van der Waals surface area contributed by atoms with E-state index in [1.165, 1.54) is 21.1 Å². The Labute approximate surface area is 99.2 Å². The van der Waals surface area contributed by atoms with Crippen molar-refractivity contribution in [3.63, 3.8) is 0 Å². The Morgan fingerprint density at radius 3 is 2.35 bits per heavy atom. The average Bonchev–Trinajstić information content (AvgIpc) is 2.30. The van der Waals surface area contributed by atoms with Gasteiger partial charge in [-0.25, -0.2) is 0 Å². The number of hydrogen-bond donors (Lipinski definition) is 2. The lowest BCUT2D eigenvalue weighted by Crippen LogP contribution is -2.59. The largest absolute Gasteiger partial charge is 0.463 e. The molecule has 0 aromatic heterocycles. The number of aliphatic hydroxyl groups is 2. The molecule has 1 fully saturated rings. The van der Waals surface area contributed by atoms with Gasteiger partial charge in [0.05, 0.1) is 0 Å². The smallest absolute Gasteiger partial charge is 0.302 e. The molecule has 1 rings (SSSR count). The van der Waals surface area contributed by atoms with Gasteiger partial charge in [0.1, 0.15) is 31.0 Å². The number of aliphatic hydroxyl groups excluding tert-OH is 2. The standard InChI is InChI=1S/C10H18O7/c1-5(11)16-4-6-9(14-2)7(12)8(13)10(15-3)17-6/h6-10,12-13H,4H2,1-3H3/t6?,7-,8?,9-,10-/m0/s1. The van der Waals surface area contributed by atoms with Crippen LogP contribution in [-0.2, 0) is 23.7 Å². The van der Waals surface area contributed by atoms with Gasteiger partial charge >= 0.3 is 5.97 Å².